The Labute approximate surface area is 148 Å². The van der Waals surface area contributed by atoms with Gasteiger partial charge in [-0.15, -0.1) is 0 Å². The summed E-state index contributed by atoms with van der Waals surface area (Å²) in [6, 6.07) is -1.28. The van der Waals surface area contributed by atoms with E-state index in [0.717, 1.165) is 25.5 Å². The van der Waals surface area contributed by atoms with Crippen LogP contribution in [-0.4, -0.2) is 85.3 Å². The maximum atomic E-state index is 13.1. The summed E-state index contributed by atoms with van der Waals surface area (Å²) in [5.41, 5.74) is 0. The second-order valence-corrected chi connectivity index (χ2v) is 10.9. The fourth-order valence-electron chi connectivity index (χ4n) is 4.33. The van der Waals surface area contributed by atoms with Crippen LogP contribution < -0.4 is 0 Å². The predicted molar refractivity (Wildman–Crippen MR) is 90.5 cm³/mol. The van der Waals surface area contributed by atoms with Crippen LogP contribution in [-0.2, 0) is 25.0 Å². The Kier molecular flexibility index (Phi) is 5.15. The van der Waals surface area contributed by atoms with Crippen LogP contribution >= 0.6 is 0 Å². The van der Waals surface area contributed by atoms with Crippen molar-refractivity contribution in [2.24, 2.45) is 5.92 Å². The van der Waals surface area contributed by atoms with Crippen LogP contribution in [0.5, 0.6) is 0 Å². The largest absolute Gasteiger partial charge is 0.480 e. The van der Waals surface area contributed by atoms with Gasteiger partial charge < -0.3 is 5.11 Å². The van der Waals surface area contributed by atoms with Crippen LogP contribution in [0.25, 0.3) is 0 Å². The van der Waals surface area contributed by atoms with Gasteiger partial charge in [-0.3, -0.25) is 4.79 Å². The normalized spacial score (nSPS) is 33.2. The number of hydrogen-bond donors (Lipinski definition) is 1. The monoisotopic (exact) mass is 395 g/mol. The van der Waals surface area contributed by atoms with Crippen LogP contribution in [0, 0.1) is 5.92 Å². The Balaban J connectivity index is 1.82. The number of carboxylic acids is 1. The first kappa shape index (κ1) is 19.0. The highest BCUT2D eigenvalue weighted by atomic mass is 32.2. The van der Waals surface area contributed by atoms with E-state index in [9.17, 15) is 26.7 Å². The highest BCUT2D eigenvalue weighted by Crippen LogP contribution is 2.42. The van der Waals surface area contributed by atoms with Gasteiger partial charge in [-0.2, -0.15) is 21.3 Å². The quantitative estimate of drug-likeness (QED) is 0.688. The third-order valence-electron chi connectivity index (χ3n) is 5.57. The summed E-state index contributed by atoms with van der Waals surface area (Å²) in [5.74, 6) is -1.00. The van der Waals surface area contributed by atoms with Crippen LogP contribution in [0.4, 0.5) is 0 Å². The smallest absolute Gasteiger partial charge is 0.322 e. The first-order chi connectivity index (χ1) is 11.6. The molecule has 0 aromatic heterocycles. The van der Waals surface area contributed by atoms with Gasteiger partial charge in [0.05, 0.1) is 6.26 Å². The third-order valence-corrected chi connectivity index (χ3v) is 8.95. The van der Waals surface area contributed by atoms with E-state index in [1.165, 1.54) is 12.9 Å². The van der Waals surface area contributed by atoms with Gasteiger partial charge in [-0.25, -0.2) is 8.42 Å². The first-order valence-electron chi connectivity index (χ1n) is 8.59. The van der Waals surface area contributed by atoms with E-state index in [-0.39, 0.29) is 38.1 Å². The fourth-order valence-corrected chi connectivity index (χ4v) is 7.16. The van der Waals surface area contributed by atoms with Gasteiger partial charge in [0.25, 0.3) is 10.2 Å². The number of sulfonamides is 1. The molecule has 3 unspecified atom stereocenters. The molecular formula is C14H25N3O6S2. The SMILES string of the molecule is CS(=O)(=O)N1CCN(S(=O)(=O)N2C(C(=O)O)CC3CCCCC32)CC1. The Morgan fingerprint density at radius 2 is 1.52 bits per heavy atom. The highest BCUT2D eigenvalue weighted by molar-refractivity contribution is 7.88. The van der Waals surface area contributed by atoms with Gasteiger partial charge in [0.1, 0.15) is 6.04 Å². The van der Waals surface area contributed by atoms with Crippen molar-refractivity contribution in [3.8, 4) is 0 Å². The molecule has 0 radical (unpaired) electrons. The lowest BCUT2D eigenvalue weighted by Crippen LogP contribution is -2.57. The van der Waals surface area contributed by atoms with E-state index in [1.54, 1.807) is 0 Å². The van der Waals surface area contributed by atoms with E-state index < -0.39 is 32.2 Å². The molecule has 1 aliphatic carbocycles. The molecular weight excluding hydrogens is 370 g/mol. The van der Waals surface area contributed by atoms with Gasteiger partial charge in [0.15, 0.2) is 0 Å². The number of nitrogens with zero attached hydrogens (tertiary/aromatic N) is 3. The number of aliphatic carboxylic acids is 1. The summed E-state index contributed by atoms with van der Waals surface area (Å²) < 4.78 is 53.2. The molecule has 0 amide bonds. The van der Waals surface area contributed by atoms with Gasteiger partial charge in [-0.1, -0.05) is 12.8 Å². The summed E-state index contributed by atoms with van der Waals surface area (Å²) in [6.45, 7) is 0.292. The highest BCUT2D eigenvalue weighted by Gasteiger charge is 2.52. The summed E-state index contributed by atoms with van der Waals surface area (Å²) in [7, 11) is -7.28. The molecule has 2 aliphatic heterocycles. The third kappa shape index (κ3) is 3.57. The van der Waals surface area contributed by atoms with Crippen molar-refractivity contribution in [3.05, 3.63) is 0 Å². The van der Waals surface area contributed by atoms with Crippen molar-refractivity contribution in [2.75, 3.05) is 32.4 Å². The van der Waals surface area contributed by atoms with E-state index in [4.69, 9.17) is 0 Å². The lowest BCUT2D eigenvalue weighted by atomic mass is 9.85. The van der Waals surface area contributed by atoms with Crippen molar-refractivity contribution >= 4 is 26.2 Å². The number of piperazine rings is 1. The predicted octanol–water partition coefficient (Wildman–Crippen LogP) is -0.474. The maximum absolute atomic E-state index is 13.1. The van der Waals surface area contributed by atoms with Crippen molar-refractivity contribution in [1.29, 1.82) is 0 Å². The second-order valence-electron chi connectivity index (χ2n) is 7.10. The van der Waals surface area contributed by atoms with E-state index in [1.807, 2.05) is 0 Å². The van der Waals surface area contributed by atoms with Crippen LogP contribution in [0.2, 0.25) is 0 Å². The molecule has 3 atom stereocenters. The molecule has 0 aromatic rings. The first-order valence-corrected chi connectivity index (χ1v) is 11.8. The summed E-state index contributed by atoms with van der Waals surface area (Å²) >= 11 is 0. The van der Waals surface area contributed by atoms with Gasteiger partial charge >= 0.3 is 5.97 Å². The number of rotatable bonds is 4. The molecule has 144 valence electrons. The Morgan fingerprint density at radius 3 is 2.08 bits per heavy atom. The van der Waals surface area contributed by atoms with Crippen molar-refractivity contribution in [3.63, 3.8) is 0 Å². The standard InChI is InChI=1S/C14H25N3O6S2/c1-24(20,21)15-6-8-16(9-7-15)25(22,23)17-12-5-3-2-4-11(12)10-13(17)14(18)19/h11-13H,2-10H2,1H3,(H,18,19). The van der Waals surface area contributed by atoms with Gasteiger partial charge in [0, 0.05) is 32.2 Å². The number of carboxylic acid groups (broad SMARTS) is 1. The minimum atomic E-state index is -3.93. The number of fused-ring (bicyclic) bond motifs is 1. The molecule has 3 fully saturated rings. The van der Waals surface area contributed by atoms with E-state index >= 15 is 0 Å². The van der Waals surface area contributed by atoms with Crippen molar-refractivity contribution in [2.45, 2.75) is 44.2 Å². The Hall–Kier alpha value is -0.750. The Morgan fingerprint density at radius 1 is 0.960 bits per heavy atom. The molecule has 3 rings (SSSR count). The molecule has 1 saturated carbocycles. The fraction of sp³-hybridized carbons (Fsp3) is 0.929. The molecule has 2 heterocycles. The van der Waals surface area contributed by atoms with Crippen LogP contribution in [0.3, 0.4) is 0 Å². The molecule has 1 N–H and O–H groups in total. The number of hydrogen-bond acceptors (Lipinski definition) is 5. The molecule has 9 nitrogen and oxygen atoms in total. The summed E-state index contributed by atoms with van der Waals surface area (Å²) in [6.07, 6.45) is 4.93. The van der Waals surface area contributed by atoms with Crippen molar-refractivity contribution in [1.82, 2.24) is 12.9 Å². The molecule has 0 aromatic carbocycles. The average molecular weight is 396 g/mol. The van der Waals surface area contributed by atoms with Crippen LogP contribution in [0.1, 0.15) is 32.1 Å². The van der Waals surface area contributed by atoms with E-state index in [0.29, 0.717) is 12.8 Å². The molecule has 11 heteroatoms. The maximum Gasteiger partial charge on any atom is 0.322 e. The lowest BCUT2D eigenvalue weighted by Gasteiger charge is -2.38. The molecule has 0 bridgehead atoms. The minimum Gasteiger partial charge on any atom is -0.480 e. The topological polar surface area (TPSA) is 115 Å². The summed E-state index contributed by atoms with van der Waals surface area (Å²) in [4.78, 5) is 11.7. The van der Waals surface area contributed by atoms with Crippen LogP contribution in [0.15, 0.2) is 0 Å². The zero-order valence-corrected chi connectivity index (χ0v) is 15.9. The minimum absolute atomic E-state index is 0.0512. The molecule has 3 aliphatic rings. The molecule has 25 heavy (non-hydrogen) atoms. The van der Waals surface area contributed by atoms with Crippen molar-refractivity contribution < 1.29 is 26.7 Å². The second kappa shape index (κ2) is 6.76. The number of carbonyl (C=O) groups is 1. The lowest BCUT2D eigenvalue weighted by molar-refractivity contribution is -0.141. The molecule has 2 saturated heterocycles. The average Bonchev–Trinajstić information content (AvgIpc) is 2.94. The zero-order valence-electron chi connectivity index (χ0n) is 14.2. The summed E-state index contributed by atoms with van der Waals surface area (Å²) in [5, 5.41) is 9.53. The zero-order chi connectivity index (χ0) is 18.4. The van der Waals surface area contributed by atoms with Gasteiger partial charge in [0.2, 0.25) is 10.0 Å². The Bertz CT molecular complexity index is 730. The van der Waals surface area contributed by atoms with E-state index in [2.05, 4.69) is 0 Å². The van der Waals surface area contributed by atoms with Gasteiger partial charge in [-0.05, 0) is 25.2 Å². The molecule has 0 spiro atoms.